The molecule has 0 atom stereocenters. The van der Waals surface area contributed by atoms with Crippen LogP contribution in [0.1, 0.15) is 5.56 Å². The molecule has 3 rings (SSSR count). The number of nitrogen functional groups attached to an aromatic ring is 1. The number of ether oxygens (including phenoxy) is 1. The molecule has 0 fully saturated rings. The van der Waals surface area contributed by atoms with E-state index in [4.69, 9.17) is 10.5 Å². The van der Waals surface area contributed by atoms with Gasteiger partial charge < -0.3 is 15.4 Å². The van der Waals surface area contributed by atoms with Crippen molar-refractivity contribution in [3.05, 3.63) is 54.1 Å². The van der Waals surface area contributed by atoms with Crippen molar-refractivity contribution in [2.45, 2.75) is 6.54 Å². The number of para-hydroxylation sites is 1. The van der Waals surface area contributed by atoms with Gasteiger partial charge >= 0.3 is 0 Å². The third-order valence-electron chi connectivity index (χ3n) is 3.21. The Morgan fingerprint density at radius 2 is 1.78 bits per heavy atom. The number of hydrogen-bond acceptors (Lipinski definition) is 3. The Morgan fingerprint density at radius 1 is 1.00 bits per heavy atom. The minimum atomic E-state index is 0.710. The Bertz CT molecular complexity index is 536. The number of nitrogens with zero attached hydrogens (tertiary/aromatic N) is 1. The number of hydrogen-bond donors (Lipinski definition) is 1. The minimum Gasteiger partial charge on any atom is -0.491 e. The molecule has 3 heteroatoms. The predicted molar refractivity (Wildman–Crippen MR) is 73.8 cm³/mol. The fourth-order valence-electron chi connectivity index (χ4n) is 2.23. The van der Waals surface area contributed by atoms with E-state index in [0.29, 0.717) is 6.61 Å². The molecule has 0 radical (unpaired) electrons. The highest BCUT2D eigenvalue weighted by atomic mass is 16.5. The second kappa shape index (κ2) is 4.61. The van der Waals surface area contributed by atoms with Crippen LogP contribution >= 0.6 is 0 Å². The van der Waals surface area contributed by atoms with Gasteiger partial charge in [0.1, 0.15) is 12.4 Å². The van der Waals surface area contributed by atoms with E-state index < -0.39 is 0 Å². The Labute approximate surface area is 107 Å². The van der Waals surface area contributed by atoms with E-state index in [-0.39, 0.29) is 0 Å². The van der Waals surface area contributed by atoms with Crippen LogP contribution in [-0.2, 0) is 6.54 Å². The van der Waals surface area contributed by atoms with Crippen LogP contribution in [0.4, 0.5) is 11.4 Å². The minimum absolute atomic E-state index is 0.710. The highest BCUT2D eigenvalue weighted by molar-refractivity contribution is 5.54. The molecule has 0 saturated carbocycles. The molecule has 1 heterocycles. The summed E-state index contributed by atoms with van der Waals surface area (Å²) >= 11 is 0. The van der Waals surface area contributed by atoms with Gasteiger partial charge in [-0.25, -0.2) is 0 Å². The smallest absolute Gasteiger partial charge is 0.124 e. The van der Waals surface area contributed by atoms with E-state index in [1.807, 2.05) is 24.3 Å². The lowest BCUT2D eigenvalue weighted by Gasteiger charge is -2.22. The van der Waals surface area contributed by atoms with Crippen molar-refractivity contribution in [3.8, 4) is 5.75 Å². The van der Waals surface area contributed by atoms with E-state index >= 15 is 0 Å². The molecule has 0 bridgehead atoms. The molecule has 3 nitrogen and oxygen atoms in total. The molecule has 2 aromatic rings. The van der Waals surface area contributed by atoms with Crippen LogP contribution in [0.15, 0.2) is 48.5 Å². The van der Waals surface area contributed by atoms with Crippen LogP contribution in [0.3, 0.4) is 0 Å². The van der Waals surface area contributed by atoms with Crippen molar-refractivity contribution in [2.75, 3.05) is 23.8 Å². The fourth-order valence-corrected chi connectivity index (χ4v) is 2.23. The van der Waals surface area contributed by atoms with Crippen LogP contribution in [0, 0.1) is 0 Å². The summed E-state index contributed by atoms with van der Waals surface area (Å²) in [6, 6.07) is 16.2. The second-order valence-electron chi connectivity index (χ2n) is 4.47. The van der Waals surface area contributed by atoms with Gasteiger partial charge in [-0.05, 0) is 30.3 Å². The van der Waals surface area contributed by atoms with Crippen molar-refractivity contribution in [1.29, 1.82) is 0 Å². The zero-order chi connectivity index (χ0) is 12.4. The third-order valence-corrected chi connectivity index (χ3v) is 3.21. The summed E-state index contributed by atoms with van der Waals surface area (Å²) in [5, 5.41) is 0. The lowest BCUT2D eigenvalue weighted by atomic mass is 10.2. The molecule has 0 spiro atoms. The van der Waals surface area contributed by atoms with Gasteiger partial charge in [-0.3, -0.25) is 0 Å². The first-order valence-corrected chi connectivity index (χ1v) is 6.14. The average Bonchev–Trinajstić information content (AvgIpc) is 2.61. The maximum Gasteiger partial charge on any atom is 0.124 e. The monoisotopic (exact) mass is 240 g/mol. The molecule has 0 unspecified atom stereocenters. The lowest BCUT2D eigenvalue weighted by Crippen LogP contribution is -2.25. The van der Waals surface area contributed by atoms with Crippen molar-refractivity contribution in [2.24, 2.45) is 0 Å². The van der Waals surface area contributed by atoms with E-state index in [2.05, 4.69) is 29.2 Å². The largest absolute Gasteiger partial charge is 0.491 e. The van der Waals surface area contributed by atoms with Crippen molar-refractivity contribution < 1.29 is 4.74 Å². The number of rotatable bonds is 1. The zero-order valence-electron chi connectivity index (χ0n) is 10.2. The molecule has 2 aromatic carbocycles. The number of benzene rings is 2. The summed E-state index contributed by atoms with van der Waals surface area (Å²) in [6.07, 6.45) is 0. The molecular weight excluding hydrogens is 224 g/mol. The van der Waals surface area contributed by atoms with E-state index in [1.54, 1.807) is 0 Å². The van der Waals surface area contributed by atoms with Crippen molar-refractivity contribution in [3.63, 3.8) is 0 Å². The molecule has 1 aliphatic rings. The summed E-state index contributed by atoms with van der Waals surface area (Å²) in [6.45, 7) is 2.47. The zero-order valence-corrected chi connectivity index (χ0v) is 10.2. The first-order valence-electron chi connectivity index (χ1n) is 6.14. The van der Waals surface area contributed by atoms with Crippen LogP contribution < -0.4 is 15.4 Å². The van der Waals surface area contributed by atoms with E-state index in [0.717, 1.165) is 24.5 Å². The lowest BCUT2D eigenvalue weighted by molar-refractivity contribution is 0.331. The summed E-state index contributed by atoms with van der Waals surface area (Å²) in [7, 11) is 0. The molecule has 1 aliphatic heterocycles. The van der Waals surface area contributed by atoms with Gasteiger partial charge in [-0.15, -0.1) is 0 Å². The molecule has 0 aromatic heterocycles. The molecule has 18 heavy (non-hydrogen) atoms. The van der Waals surface area contributed by atoms with E-state index in [1.165, 1.54) is 11.3 Å². The summed E-state index contributed by atoms with van der Waals surface area (Å²) < 4.78 is 5.76. The van der Waals surface area contributed by atoms with Gasteiger partial charge in [0.25, 0.3) is 0 Å². The molecule has 92 valence electrons. The third kappa shape index (κ3) is 2.12. The van der Waals surface area contributed by atoms with Gasteiger partial charge in [0, 0.05) is 23.5 Å². The maximum atomic E-state index is 5.76. The van der Waals surface area contributed by atoms with Crippen LogP contribution in [0.2, 0.25) is 0 Å². The summed E-state index contributed by atoms with van der Waals surface area (Å²) in [5.74, 6) is 0.996. The Hall–Kier alpha value is -2.16. The second-order valence-corrected chi connectivity index (χ2v) is 4.47. The quantitative estimate of drug-likeness (QED) is 0.779. The van der Waals surface area contributed by atoms with E-state index in [9.17, 15) is 0 Å². The normalized spacial score (nSPS) is 14.6. The number of fused-ring (bicyclic) bond motifs is 1. The van der Waals surface area contributed by atoms with Gasteiger partial charge in [0.05, 0.1) is 6.54 Å². The Balaban J connectivity index is 1.89. The van der Waals surface area contributed by atoms with Gasteiger partial charge in [0.2, 0.25) is 0 Å². The molecule has 0 amide bonds. The highest BCUT2D eigenvalue weighted by Crippen LogP contribution is 2.26. The maximum absolute atomic E-state index is 5.76. The van der Waals surface area contributed by atoms with Crippen molar-refractivity contribution in [1.82, 2.24) is 0 Å². The van der Waals surface area contributed by atoms with Crippen LogP contribution in [-0.4, -0.2) is 13.2 Å². The summed E-state index contributed by atoms with van der Waals surface area (Å²) in [4.78, 5) is 2.31. The Morgan fingerprint density at radius 3 is 2.61 bits per heavy atom. The molecular formula is C15H16N2O. The molecule has 0 saturated heterocycles. The van der Waals surface area contributed by atoms with Gasteiger partial charge in [-0.2, -0.15) is 0 Å². The first kappa shape index (κ1) is 11.0. The van der Waals surface area contributed by atoms with Crippen LogP contribution in [0.25, 0.3) is 0 Å². The highest BCUT2D eigenvalue weighted by Gasteiger charge is 2.14. The topological polar surface area (TPSA) is 38.5 Å². The fraction of sp³-hybridized carbons (Fsp3) is 0.200. The van der Waals surface area contributed by atoms with Crippen LogP contribution in [0.5, 0.6) is 5.75 Å². The molecule has 0 aliphatic carbocycles. The standard InChI is InChI=1S/C15H16N2O/c16-13-5-7-14(8-6-13)17-9-10-18-15-4-2-1-3-12(15)11-17/h1-8H,9-11,16H2. The average molecular weight is 240 g/mol. The van der Waals surface area contributed by atoms with Gasteiger partial charge in [-0.1, -0.05) is 18.2 Å². The Kier molecular flexibility index (Phi) is 2.81. The molecule has 2 N–H and O–H groups in total. The number of nitrogens with two attached hydrogens (primary N) is 1. The van der Waals surface area contributed by atoms with Gasteiger partial charge in [0.15, 0.2) is 0 Å². The summed E-state index contributed by atoms with van der Waals surface area (Å²) in [5.41, 5.74) is 8.93. The SMILES string of the molecule is Nc1ccc(N2CCOc3ccccc3C2)cc1. The number of anilines is 2. The first-order chi connectivity index (χ1) is 8.83. The van der Waals surface area contributed by atoms with Crippen molar-refractivity contribution >= 4 is 11.4 Å². The predicted octanol–water partition coefficient (Wildman–Crippen LogP) is 2.67.